The van der Waals surface area contributed by atoms with Gasteiger partial charge in [0.15, 0.2) is 23.1 Å². The zero-order valence-corrected chi connectivity index (χ0v) is 22.6. The summed E-state index contributed by atoms with van der Waals surface area (Å²) in [4.78, 5) is 39.5. The molecule has 1 aliphatic heterocycles. The lowest BCUT2D eigenvalue weighted by atomic mass is 9.65. The average Bonchev–Trinajstić information content (AvgIpc) is 2.76. The fourth-order valence-corrected chi connectivity index (χ4v) is 5.44. The van der Waals surface area contributed by atoms with Gasteiger partial charge in [-0.25, -0.2) is 0 Å². The van der Waals surface area contributed by atoms with Gasteiger partial charge in [0.1, 0.15) is 11.5 Å². The van der Waals surface area contributed by atoms with Crippen molar-refractivity contribution in [2.75, 3.05) is 6.61 Å². The first-order chi connectivity index (χ1) is 16.9. The first-order valence-corrected chi connectivity index (χ1v) is 13.0. The number of esters is 1. The van der Waals surface area contributed by atoms with E-state index in [-0.39, 0.29) is 34.3 Å². The number of rotatable bonds is 6. The molecule has 0 N–H and O–H groups in total. The van der Waals surface area contributed by atoms with Crippen molar-refractivity contribution in [2.24, 2.45) is 16.7 Å². The van der Waals surface area contributed by atoms with Gasteiger partial charge >= 0.3 is 5.97 Å². The Balaban J connectivity index is 1.84. The van der Waals surface area contributed by atoms with Crippen LogP contribution >= 0.6 is 0 Å². The molecule has 6 heteroatoms. The van der Waals surface area contributed by atoms with E-state index in [1.54, 1.807) is 6.07 Å². The number of carbonyl (C=O) groups excluding carboxylic acids is 3. The molecule has 0 radical (unpaired) electrons. The number of allylic oxidation sites excluding steroid dienone is 4. The van der Waals surface area contributed by atoms with Gasteiger partial charge in [0.25, 0.3) is 0 Å². The van der Waals surface area contributed by atoms with Crippen LogP contribution < -0.4 is 9.47 Å². The third-order valence-corrected chi connectivity index (χ3v) is 7.41. The number of Topliss-reactive ketones (excluding diaryl/α,β-unsaturated/α-hetero) is 2. The molecule has 194 valence electrons. The van der Waals surface area contributed by atoms with E-state index in [2.05, 4.69) is 27.7 Å². The first kappa shape index (κ1) is 26.2. The van der Waals surface area contributed by atoms with Crippen LogP contribution in [-0.2, 0) is 19.1 Å². The highest BCUT2D eigenvalue weighted by Gasteiger charge is 2.48. The molecule has 0 aromatic heterocycles. The van der Waals surface area contributed by atoms with Gasteiger partial charge in [-0.05, 0) is 41.9 Å². The summed E-state index contributed by atoms with van der Waals surface area (Å²) in [6, 6.07) is 5.37. The summed E-state index contributed by atoms with van der Waals surface area (Å²) >= 11 is 0. The molecule has 4 rings (SSSR count). The van der Waals surface area contributed by atoms with Gasteiger partial charge in [0.2, 0.25) is 0 Å². The Morgan fingerprint density at radius 2 is 1.50 bits per heavy atom. The van der Waals surface area contributed by atoms with Gasteiger partial charge in [-0.1, -0.05) is 47.6 Å². The summed E-state index contributed by atoms with van der Waals surface area (Å²) in [5.74, 6) is 1.08. The minimum atomic E-state index is -0.519. The maximum Gasteiger partial charge on any atom is 0.314 e. The second-order valence-electron chi connectivity index (χ2n) is 12.0. The van der Waals surface area contributed by atoms with Gasteiger partial charge in [-0.2, -0.15) is 0 Å². The van der Waals surface area contributed by atoms with Gasteiger partial charge < -0.3 is 14.2 Å². The number of hydrogen-bond acceptors (Lipinski definition) is 6. The van der Waals surface area contributed by atoms with Crippen LogP contribution in [0.5, 0.6) is 11.5 Å². The molecule has 0 fully saturated rings. The zero-order chi connectivity index (χ0) is 26.4. The molecular weight excluding hydrogens is 456 g/mol. The number of benzene rings is 1. The lowest BCUT2D eigenvalue weighted by molar-refractivity contribution is -0.138. The molecule has 2 aliphatic carbocycles. The van der Waals surface area contributed by atoms with E-state index in [1.165, 1.54) is 0 Å². The topological polar surface area (TPSA) is 78.9 Å². The molecule has 0 bridgehead atoms. The highest BCUT2D eigenvalue weighted by atomic mass is 16.6. The predicted molar refractivity (Wildman–Crippen MR) is 137 cm³/mol. The van der Waals surface area contributed by atoms with Crippen molar-refractivity contribution in [3.05, 3.63) is 46.4 Å². The molecule has 0 spiro atoms. The van der Waals surface area contributed by atoms with Crippen molar-refractivity contribution in [3.8, 4) is 11.5 Å². The maximum absolute atomic E-state index is 13.5. The molecule has 1 atom stereocenters. The van der Waals surface area contributed by atoms with Crippen molar-refractivity contribution in [1.82, 2.24) is 0 Å². The Bertz CT molecular complexity index is 1110. The van der Waals surface area contributed by atoms with Crippen LogP contribution in [0, 0.1) is 16.7 Å². The number of carbonyl (C=O) groups is 3. The standard InChI is InChI=1S/C30H38O6/c1-8-17(3)28(33)36-21-11-10-18(12-22(21)34-9-2)25-26-19(31)13-29(4,5)15-23(26)35-24-16-30(6,7)14-20(32)27(24)25/h10-12,17,25H,8-9,13-16H2,1-7H3. The normalized spacial score (nSPS) is 22.0. The van der Waals surface area contributed by atoms with Gasteiger partial charge in [-0.15, -0.1) is 0 Å². The Hall–Kier alpha value is -2.89. The van der Waals surface area contributed by atoms with E-state index in [1.807, 2.05) is 32.9 Å². The van der Waals surface area contributed by atoms with E-state index < -0.39 is 5.92 Å². The average molecular weight is 495 g/mol. The Morgan fingerprint density at radius 1 is 0.944 bits per heavy atom. The SMILES string of the molecule is CCOc1cc(C2C3=C(CC(C)(C)CC3=O)OC3=C2C(=O)CC(C)(C)C3)ccc1OC(=O)C(C)CC. The lowest BCUT2D eigenvalue weighted by Crippen LogP contribution is -2.37. The summed E-state index contributed by atoms with van der Waals surface area (Å²) in [6.07, 6.45) is 2.75. The van der Waals surface area contributed by atoms with Gasteiger partial charge in [0, 0.05) is 42.7 Å². The van der Waals surface area contributed by atoms with Crippen LogP contribution in [0.25, 0.3) is 0 Å². The summed E-state index contributed by atoms with van der Waals surface area (Å²) < 4.78 is 17.9. The fraction of sp³-hybridized carbons (Fsp3) is 0.567. The molecule has 1 aromatic rings. The first-order valence-electron chi connectivity index (χ1n) is 13.0. The third kappa shape index (κ3) is 5.00. The van der Waals surface area contributed by atoms with E-state index >= 15 is 0 Å². The zero-order valence-electron chi connectivity index (χ0n) is 22.6. The second-order valence-corrected chi connectivity index (χ2v) is 12.0. The molecule has 0 saturated heterocycles. The highest BCUT2D eigenvalue weighted by molar-refractivity contribution is 6.06. The van der Waals surface area contributed by atoms with Gasteiger partial charge in [-0.3, -0.25) is 14.4 Å². The van der Waals surface area contributed by atoms with Crippen LogP contribution in [0.2, 0.25) is 0 Å². The van der Waals surface area contributed by atoms with Crippen LogP contribution in [-0.4, -0.2) is 24.1 Å². The molecule has 3 aliphatic rings. The molecule has 1 heterocycles. The van der Waals surface area contributed by atoms with Crippen molar-refractivity contribution in [2.45, 2.75) is 86.5 Å². The van der Waals surface area contributed by atoms with E-state index in [0.29, 0.717) is 72.9 Å². The number of hydrogen-bond donors (Lipinski definition) is 0. The Kier molecular flexibility index (Phi) is 6.93. The van der Waals surface area contributed by atoms with Crippen LogP contribution in [0.3, 0.4) is 0 Å². The minimum absolute atomic E-state index is 0.0145. The molecule has 36 heavy (non-hydrogen) atoms. The summed E-state index contributed by atoms with van der Waals surface area (Å²) in [5.41, 5.74) is 1.50. The van der Waals surface area contributed by atoms with E-state index in [4.69, 9.17) is 14.2 Å². The van der Waals surface area contributed by atoms with Crippen molar-refractivity contribution in [3.63, 3.8) is 0 Å². The van der Waals surface area contributed by atoms with E-state index in [9.17, 15) is 14.4 Å². The van der Waals surface area contributed by atoms with Crippen molar-refractivity contribution in [1.29, 1.82) is 0 Å². The lowest BCUT2D eigenvalue weighted by Gasteiger charge is -2.42. The minimum Gasteiger partial charge on any atom is -0.490 e. The molecule has 0 saturated carbocycles. The predicted octanol–water partition coefficient (Wildman–Crippen LogP) is 6.44. The molecule has 0 amide bonds. The van der Waals surface area contributed by atoms with Gasteiger partial charge in [0.05, 0.1) is 12.5 Å². The number of ketones is 2. The quantitative estimate of drug-likeness (QED) is 0.335. The van der Waals surface area contributed by atoms with Crippen molar-refractivity contribution < 1.29 is 28.6 Å². The largest absolute Gasteiger partial charge is 0.490 e. The van der Waals surface area contributed by atoms with E-state index in [0.717, 1.165) is 5.56 Å². The molecule has 1 aromatic carbocycles. The molecule has 1 unspecified atom stereocenters. The Morgan fingerprint density at radius 3 is 2.00 bits per heavy atom. The summed E-state index contributed by atoms with van der Waals surface area (Å²) in [7, 11) is 0. The summed E-state index contributed by atoms with van der Waals surface area (Å²) in [6.45, 7) is 14.3. The molecular formula is C30H38O6. The third-order valence-electron chi connectivity index (χ3n) is 7.41. The maximum atomic E-state index is 13.5. The summed E-state index contributed by atoms with van der Waals surface area (Å²) in [5, 5.41) is 0. The monoisotopic (exact) mass is 494 g/mol. The highest BCUT2D eigenvalue weighted by Crippen LogP contribution is 2.53. The Labute approximate surface area is 214 Å². The molecule has 6 nitrogen and oxygen atoms in total. The second kappa shape index (κ2) is 9.53. The van der Waals surface area contributed by atoms with Crippen molar-refractivity contribution >= 4 is 17.5 Å². The van der Waals surface area contributed by atoms with Crippen LogP contribution in [0.4, 0.5) is 0 Å². The van der Waals surface area contributed by atoms with Crippen LogP contribution in [0.1, 0.15) is 92.1 Å². The smallest absolute Gasteiger partial charge is 0.314 e. The fourth-order valence-electron chi connectivity index (χ4n) is 5.44. The van der Waals surface area contributed by atoms with Crippen LogP contribution in [0.15, 0.2) is 40.9 Å². The number of ether oxygens (including phenoxy) is 3.